The Labute approximate surface area is 148 Å². The third-order valence-electron chi connectivity index (χ3n) is 4.92. The van der Waals surface area contributed by atoms with E-state index in [0.717, 1.165) is 18.4 Å². The van der Waals surface area contributed by atoms with Crippen LogP contribution < -0.4 is 10.1 Å². The number of rotatable bonds is 8. The first-order valence-electron chi connectivity index (χ1n) is 8.73. The van der Waals surface area contributed by atoms with Crippen LogP contribution in [0.15, 0.2) is 24.3 Å². The fraction of sp³-hybridized carbons (Fsp3) is 0.579. The lowest BCUT2D eigenvalue weighted by molar-refractivity contribution is -0.141. The number of carboxylic acids is 1. The van der Waals surface area contributed by atoms with Gasteiger partial charge in [0, 0.05) is 25.7 Å². The molecule has 1 amide bonds. The summed E-state index contributed by atoms with van der Waals surface area (Å²) in [6.07, 6.45) is 2.06. The van der Waals surface area contributed by atoms with Gasteiger partial charge < -0.3 is 19.9 Å². The van der Waals surface area contributed by atoms with Crippen LogP contribution in [0, 0.1) is 17.8 Å². The standard InChI is InChI=1S/C19H27NO5/c1-13(14-7-9-25-10-8-14)18(21)20-12-16(19(22)23)11-15-5-3-4-6-17(15)24-2/h3-6,13-14,16H,7-12H2,1-2H3,(H,20,21)(H,22,23). The molecule has 25 heavy (non-hydrogen) atoms. The van der Waals surface area contributed by atoms with Crippen molar-refractivity contribution in [3.63, 3.8) is 0 Å². The normalized spacial score (nSPS) is 17.5. The minimum absolute atomic E-state index is 0.0850. The largest absolute Gasteiger partial charge is 0.496 e. The summed E-state index contributed by atoms with van der Waals surface area (Å²) in [5, 5.41) is 12.3. The molecule has 0 radical (unpaired) electrons. The van der Waals surface area contributed by atoms with Crippen LogP contribution >= 0.6 is 0 Å². The van der Waals surface area contributed by atoms with Crippen LogP contribution in [0.3, 0.4) is 0 Å². The Morgan fingerprint density at radius 1 is 1.32 bits per heavy atom. The van der Waals surface area contributed by atoms with E-state index in [4.69, 9.17) is 9.47 Å². The number of para-hydroxylation sites is 1. The number of ether oxygens (including phenoxy) is 2. The molecule has 0 aromatic heterocycles. The third-order valence-corrected chi connectivity index (χ3v) is 4.92. The zero-order valence-corrected chi connectivity index (χ0v) is 14.9. The quantitative estimate of drug-likeness (QED) is 0.751. The average molecular weight is 349 g/mol. The van der Waals surface area contributed by atoms with Crippen molar-refractivity contribution in [1.29, 1.82) is 0 Å². The molecule has 6 heteroatoms. The molecule has 0 bridgehead atoms. The molecule has 1 aliphatic heterocycles. The number of amides is 1. The zero-order valence-electron chi connectivity index (χ0n) is 14.9. The van der Waals surface area contributed by atoms with E-state index >= 15 is 0 Å². The molecular formula is C19H27NO5. The Bertz CT molecular complexity index is 583. The van der Waals surface area contributed by atoms with Gasteiger partial charge in [-0.3, -0.25) is 9.59 Å². The number of nitrogens with one attached hydrogen (secondary N) is 1. The second kappa shape index (κ2) is 9.42. The third kappa shape index (κ3) is 5.46. The molecule has 1 fully saturated rings. The number of benzene rings is 1. The molecule has 0 saturated carbocycles. The van der Waals surface area contributed by atoms with Crippen LogP contribution in [-0.2, 0) is 20.7 Å². The number of hydrogen-bond acceptors (Lipinski definition) is 4. The molecule has 2 unspecified atom stereocenters. The molecule has 1 aromatic rings. The van der Waals surface area contributed by atoms with Crippen molar-refractivity contribution in [3.8, 4) is 5.75 Å². The number of carbonyl (C=O) groups is 2. The van der Waals surface area contributed by atoms with Crippen molar-refractivity contribution in [2.24, 2.45) is 17.8 Å². The van der Waals surface area contributed by atoms with E-state index in [1.165, 1.54) is 0 Å². The molecular weight excluding hydrogens is 322 g/mol. The summed E-state index contributed by atoms with van der Waals surface area (Å²) in [6, 6.07) is 7.35. The number of aliphatic carboxylic acids is 1. The summed E-state index contributed by atoms with van der Waals surface area (Å²) in [6.45, 7) is 3.39. The Kier molecular flexibility index (Phi) is 7.25. The highest BCUT2D eigenvalue weighted by atomic mass is 16.5. The van der Waals surface area contributed by atoms with Gasteiger partial charge in [0.25, 0.3) is 0 Å². The van der Waals surface area contributed by atoms with Crippen LogP contribution in [0.5, 0.6) is 5.75 Å². The van der Waals surface area contributed by atoms with E-state index in [1.54, 1.807) is 13.2 Å². The van der Waals surface area contributed by atoms with Crippen LogP contribution in [0.1, 0.15) is 25.3 Å². The summed E-state index contributed by atoms with van der Waals surface area (Å²) in [5.74, 6) is -0.878. The van der Waals surface area contributed by atoms with Crippen LogP contribution in [0.25, 0.3) is 0 Å². The van der Waals surface area contributed by atoms with Gasteiger partial charge in [-0.05, 0) is 36.8 Å². The van der Waals surface area contributed by atoms with Gasteiger partial charge in [-0.15, -0.1) is 0 Å². The Morgan fingerprint density at radius 3 is 2.64 bits per heavy atom. The maximum Gasteiger partial charge on any atom is 0.308 e. The molecule has 2 atom stereocenters. The summed E-state index contributed by atoms with van der Waals surface area (Å²) < 4.78 is 10.6. The van der Waals surface area contributed by atoms with E-state index in [0.29, 0.717) is 31.3 Å². The number of hydrogen-bond donors (Lipinski definition) is 2. The zero-order chi connectivity index (χ0) is 18.2. The number of methoxy groups -OCH3 is 1. The summed E-state index contributed by atoms with van der Waals surface area (Å²) >= 11 is 0. The summed E-state index contributed by atoms with van der Waals surface area (Å²) in [4.78, 5) is 24.0. The summed E-state index contributed by atoms with van der Waals surface area (Å²) in [5.41, 5.74) is 0.823. The lowest BCUT2D eigenvalue weighted by Gasteiger charge is -2.27. The smallest absolute Gasteiger partial charge is 0.308 e. The highest BCUT2D eigenvalue weighted by Crippen LogP contribution is 2.24. The molecule has 0 aliphatic carbocycles. The Morgan fingerprint density at radius 2 is 2.00 bits per heavy atom. The number of carboxylic acid groups (broad SMARTS) is 1. The van der Waals surface area contributed by atoms with Gasteiger partial charge in [-0.1, -0.05) is 25.1 Å². The molecule has 6 nitrogen and oxygen atoms in total. The van der Waals surface area contributed by atoms with Gasteiger partial charge in [-0.25, -0.2) is 0 Å². The second-order valence-electron chi connectivity index (χ2n) is 6.53. The minimum atomic E-state index is -0.926. The lowest BCUT2D eigenvalue weighted by Crippen LogP contribution is -2.40. The van der Waals surface area contributed by atoms with E-state index in [9.17, 15) is 14.7 Å². The predicted molar refractivity (Wildman–Crippen MR) is 93.5 cm³/mol. The van der Waals surface area contributed by atoms with Crippen molar-refractivity contribution in [1.82, 2.24) is 5.32 Å². The van der Waals surface area contributed by atoms with Crippen molar-refractivity contribution < 1.29 is 24.2 Å². The Balaban J connectivity index is 1.92. The van der Waals surface area contributed by atoms with Crippen molar-refractivity contribution in [3.05, 3.63) is 29.8 Å². The van der Waals surface area contributed by atoms with Gasteiger partial charge in [0.2, 0.25) is 5.91 Å². The van der Waals surface area contributed by atoms with Crippen LogP contribution in [0.4, 0.5) is 0 Å². The molecule has 1 aromatic carbocycles. The van der Waals surface area contributed by atoms with Crippen LogP contribution in [0.2, 0.25) is 0 Å². The maximum atomic E-state index is 12.4. The van der Waals surface area contributed by atoms with E-state index in [2.05, 4.69) is 5.32 Å². The van der Waals surface area contributed by atoms with Gasteiger partial charge in [-0.2, -0.15) is 0 Å². The number of carbonyl (C=O) groups excluding carboxylic acids is 1. The molecule has 2 N–H and O–H groups in total. The highest BCUT2D eigenvalue weighted by Gasteiger charge is 2.27. The SMILES string of the molecule is COc1ccccc1CC(CNC(=O)C(C)C1CCOCC1)C(=O)O. The van der Waals surface area contributed by atoms with Crippen molar-refractivity contribution in [2.75, 3.05) is 26.9 Å². The van der Waals surface area contributed by atoms with Crippen molar-refractivity contribution in [2.45, 2.75) is 26.2 Å². The summed E-state index contributed by atoms with van der Waals surface area (Å²) in [7, 11) is 1.56. The second-order valence-corrected chi connectivity index (χ2v) is 6.53. The fourth-order valence-electron chi connectivity index (χ4n) is 3.20. The van der Waals surface area contributed by atoms with Gasteiger partial charge >= 0.3 is 5.97 Å². The molecule has 1 aliphatic rings. The topological polar surface area (TPSA) is 84.9 Å². The first-order chi connectivity index (χ1) is 12.0. The Hall–Kier alpha value is -2.08. The van der Waals surface area contributed by atoms with Crippen molar-refractivity contribution >= 4 is 11.9 Å². The maximum absolute atomic E-state index is 12.4. The van der Waals surface area contributed by atoms with Gasteiger partial charge in [0.1, 0.15) is 5.75 Å². The van der Waals surface area contributed by atoms with E-state index in [-0.39, 0.29) is 18.4 Å². The molecule has 0 spiro atoms. The lowest BCUT2D eigenvalue weighted by atomic mass is 9.86. The van der Waals surface area contributed by atoms with Gasteiger partial charge in [0.15, 0.2) is 0 Å². The van der Waals surface area contributed by atoms with Gasteiger partial charge in [0.05, 0.1) is 13.0 Å². The van der Waals surface area contributed by atoms with Crippen LogP contribution in [-0.4, -0.2) is 43.9 Å². The van der Waals surface area contributed by atoms with E-state index < -0.39 is 11.9 Å². The fourth-order valence-corrected chi connectivity index (χ4v) is 3.20. The first-order valence-corrected chi connectivity index (χ1v) is 8.73. The first kappa shape index (κ1) is 19.2. The monoisotopic (exact) mass is 349 g/mol. The predicted octanol–water partition coefficient (Wildman–Crippen LogP) is 2.12. The molecule has 138 valence electrons. The minimum Gasteiger partial charge on any atom is -0.496 e. The molecule has 1 saturated heterocycles. The average Bonchev–Trinajstić information content (AvgIpc) is 2.64. The van der Waals surface area contributed by atoms with E-state index in [1.807, 2.05) is 25.1 Å². The highest BCUT2D eigenvalue weighted by molar-refractivity contribution is 5.79. The molecule has 1 heterocycles. The molecule has 2 rings (SSSR count).